The number of rotatable bonds is 4. The largest absolute Gasteiger partial charge is 0.481 e. The molecular formula is C12H20N2O4. The highest BCUT2D eigenvalue weighted by Gasteiger charge is 2.37. The van der Waals surface area contributed by atoms with Crippen LogP contribution >= 0.6 is 0 Å². The maximum atomic E-state index is 11.9. The van der Waals surface area contributed by atoms with Crippen molar-refractivity contribution in [1.29, 1.82) is 0 Å². The molecule has 102 valence electrons. The molecule has 0 aromatic carbocycles. The minimum atomic E-state index is -1.13. The molecule has 1 heterocycles. The Balaban J connectivity index is 2.52. The van der Waals surface area contributed by atoms with Gasteiger partial charge in [-0.3, -0.25) is 14.4 Å². The monoisotopic (exact) mass is 256 g/mol. The molecule has 1 saturated heterocycles. The van der Waals surface area contributed by atoms with Crippen LogP contribution in [0.5, 0.6) is 0 Å². The number of hydrogen-bond acceptors (Lipinski definition) is 3. The fourth-order valence-corrected chi connectivity index (χ4v) is 2.03. The molecule has 18 heavy (non-hydrogen) atoms. The lowest BCUT2D eigenvalue weighted by Crippen LogP contribution is -2.46. The predicted molar refractivity (Wildman–Crippen MR) is 64.8 cm³/mol. The van der Waals surface area contributed by atoms with Crippen LogP contribution in [-0.2, 0) is 14.4 Å². The molecule has 2 unspecified atom stereocenters. The van der Waals surface area contributed by atoms with Crippen LogP contribution in [0.3, 0.4) is 0 Å². The fraction of sp³-hybridized carbons (Fsp3) is 0.750. The molecule has 3 N–H and O–H groups in total. The molecule has 0 aliphatic carbocycles. The van der Waals surface area contributed by atoms with Crippen molar-refractivity contribution in [2.24, 2.45) is 11.3 Å². The molecule has 1 aliphatic rings. The Bertz CT molecular complexity index is 360. The lowest BCUT2D eigenvalue weighted by molar-refractivity contribution is -0.151. The Labute approximate surface area is 106 Å². The van der Waals surface area contributed by atoms with E-state index in [-0.39, 0.29) is 18.5 Å². The molecule has 1 aliphatic heterocycles. The van der Waals surface area contributed by atoms with E-state index in [2.05, 4.69) is 10.6 Å². The van der Waals surface area contributed by atoms with Crippen LogP contribution in [-0.4, -0.2) is 35.5 Å². The van der Waals surface area contributed by atoms with Gasteiger partial charge in [0.1, 0.15) is 5.92 Å². The van der Waals surface area contributed by atoms with Crippen LogP contribution in [0, 0.1) is 11.3 Å². The van der Waals surface area contributed by atoms with Gasteiger partial charge < -0.3 is 15.7 Å². The molecule has 2 atom stereocenters. The van der Waals surface area contributed by atoms with Crippen molar-refractivity contribution in [1.82, 2.24) is 10.6 Å². The summed E-state index contributed by atoms with van der Waals surface area (Å²) in [5.41, 5.74) is -0.644. The first-order valence-corrected chi connectivity index (χ1v) is 6.01. The zero-order valence-electron chi connectivity index (χ0n) is 10.9. The van der Waals surface area contributed by atoms with E-state index in [0.717, 1.165) is 0 Å². The van der Waals surface area contributed by atoms with Gasteiger partial charge in [0, 0.05) is 19.0 Å². The number of carboxylic acids is 1. The van der Waals surface area contributed by atoms with Gasteiger partial charge in [-0.05, 0) is 11.8 Å². The first kappa shape index (κ1) is 14.5. The van der Waals surface area contributed by atoms with Gasteiger partial charge in [0.15, 0.2) is 0 Å². The Morgan fingerprint density at radius 3 is 2.50 bits per heavy atom. The van der Waals surface area contributed by atoms with E-state index >= 15 is 0 Å². The third kappa shape index (κ3) is 3.72. The second-order valence-corrected chi connectivity index (χ2v) is 5.69. The van der Waals surface area contributed by atoms with Crippen molar-refractivity contribution < 1.29 is 19.5 Å². The van der Waals surface area contributed by atoms with Gasteiger partial charge in [0.05, 0.1) is 0 Å². The second-order valence-electron chi connectivity index (χ2n) is 5.69. The van der Waals surface area contributed by atoms with Gasteiger partial charge in [-0.2, -0.15) is 0 Å². The summed E-state index contributed by atoms with van der Waals surface area (Å²) < 4.78 is 0. The molecule has 0 aromatic rings. The first-order chi connectivity index (χ1) is 8.21. The highest BCUT2D eigenvalue weighted by atomic mass is 16.4. The summed E-state index contributed by atoms with van der Waals surface area (Å²) in [5.74, 6) is -2.75. The molecule has 6 heteroatoms. The molecule has 0 aromatic heterocycles. The summed E-state index contributed by atoms with van der Waals surface area (Å²) in [7, 11) is 0. The molecule has 0 saturated carbocycles. The van der Waals surface area contributed by atoms with E-state index in [0.29, 0.717) is 12.8 Å². The Hall–Kier alpha value is -1.59. The minimum Gasteiger partial charge on any atom is -0.481 e. The molecular weight excluding hydrogens is 236 g/mol. The van der Waals surface area contributed by atoms with Crippen molar-refractivity contribution in [2.75, 3.05) is 6.54 Å². The summed E-state index contributed by atoms with van der Waals surface area (Å²) in [6.45, 7) is 5.42. The van der Waals surface area contributed by atoms with Crippen molar-refractivity contribution in [3.8, 4) is 0 Å². The number of carbonyl (C=O) groups excluding carboxylic acids is 2. The van der Waals surface area contributed by atoms with Crippen LogP contribution in [0.2, 0.25) is 0 Å². The Kier molecular flexibility index (Phi) is 4.32. The fourth-order valence-electron chi connectivity index (χ4n) is 2.03. The maximum Gasteiger partial charge on any atom is 0.316 e. The number of carbonyl (C=O) groups is 3. The normalized spacial score (nSPS) is 21.3. The predicted octanol–water partition coefficient (Wildman–Crippen LogP) is 0.128. The molecule has 0 radical (unpaired) electrons. The smallest absolute Gasteiger partial charge is 0.316 e. The van der Waals surface area contributed by atoms with E-state index in [1.165, 1.54) is 0 Å². The SMILES string of the molecule is CC(C)(C)C(C(=O)O)C(=O)NCC1CCC(=O)N1. The zero-order chi connectivity index (χ0) is 13.9. The summed E-state index contributed by atoms with van der Waals surface area (Å²) >= 11 is 0. The van der Waals surface area contributed by atoms with Crippen molar-refractivity contribution in [3.63, 3.8) is 0 Å². The van der Waals surface area contributed by atoms with Crippen molar-refractivity contribution in [3.05, 3.63) is 0 Å². The summed E-state index contributed by atoms with van der Waals surface area (Å²) in [5, 5.41) is 14.4. The van der Waals surface area contributed by atoms with E-state index in [4.69, 9.17) is 5.11 Å². The Morgan fingerprint density at radius 1 is 1.50 bits per heavy atom. The van der Waals surface area contributed by atoms with Crippen LogP contribution in [0.4, 0.5) is 0 Å². The molecule has 1 fully saturated rings. The topological polar surface area (TPSA) is 95.5 Å². The number of aliphatic carboxylic acids is 1. The minimum absolute atomic E-state index is 0.0279. The van der Waals surface area contributed by atoms with Crippen molar-refractivity contribution >= 4 is 17.8 Å². The van der Waals surface area contributed by atoms with E-state index < -0.39 is 23.2 Å². The van der Waals surface area contributed by atoms with E-state index in [1.807, 2.05) is 0 Å². The van der Waals surface area contributed by atoms with Gasteiger partial charge in [-0.15, -0.1) is 0 Å². The highest BCUT2D eigenvalue weighted by Crippen LogP contribution is 2.26. The zero-order valence-corrected chi connectivity index (χ0v) is 10.9. The lowest BCUT2D eigenvalue weighted by atomic mass is 9.80. The van der Waals surface area contributed by atoms with Crippen LogP contribution in [0.15, 0.2) is 0 Å². The lowest BCUT2D eigenvalue weighted by Gasteiger charge is -2.26. The third-order valence-corrected chi connectivity index (χ3v) is 2.98. The van der Waals surface area contributed by atoms with E-state index in [1.54, 1.807) is 20.8 Å². The maximum absolute atomic E-state index is 11.9. The molecule has 0 spiro atoms. The molecule has 6 nitrogen and oxygen atoms in total. The standard InChI is InChI=1S/C12H20N2O4/c1-12(2,3)9(11(17)18)10(16)13-6-7-4-5-8(15)14-7/h7,9H,4-6H2,1-3H3,(H,13,16)(H,14,15)(H,17,18). The molecule has 0 bridgehead atoms. The van der Waals surface area contributed by atoms with Gasteiger partial charge in [-0.25, -0.2) is 0 Å². The average molecular weight is 256 g/mol. The van der Waals surface area contributed by atoms with Crippen LogP contribution < -0.4 is 10.6 Å². The molecule has 1 rings (SSSR count). The summed E-state index contributed by atoms with van der Waals surface area (Å²) in [4.78, 5) is 34.0. The Morgan fingerprint density at radius 2 is 2.11 bits per heavy atom. The van der Waals surface area contributed by atoms with Gasteiger partial charge in [0.2, 0.25) is 11.8 Å². The average Bonchev–Trinajstić information content (AvgIpc) is 2.58. The van der Waals surface area contributed by atoms with Gasteiger partial charge in [0.25, 0.3) is 0 Å². The number of nitrogens with one attached hydrogen (secondary N) is 2. The van der Waals surface area contributed by atoms with E-state index in [9.17, 15) is 14.4 Å². The number of amides is 2. The molecule has 2 amide bonds. The van der Waals surface area contributed by atoms with Gasteiger partial charge in [-0.1, -0.05) is 20.8 Å². The highest BCUT2D eigenvalue weighted by molar-refractivity contribution is 5.97. The number of hydrogen-bond donors (Lipinski definition) is 3. The summed E-state index contributed by atoms with van der Waals surface area (Å²) in [6.07, 6.45) is 1.13. The first-order valence-electron chi connectivity index (χ1n) is 6.01. The quantitative estimate of drug-likeness (QED) is 0.623. The third-order valence-electron chi connectivity index (χ3n) is 2.98. The van der Waals surface area contributed by atoms with Gasteiger partial charge >= 0.3 is 5.97 Å². The number of carboxylic acid groups (broad SMARTS) is 1. The summed E-state index contributed by atoms with van der Waals surface area (Å²) in [6, 6.07) is -0.0872. The second kappa shape index (κ2) is 5.37. The van der Waals surface area contributed by atoms with Crippen molar-refractivity contribution in [2.45, 2.75) is 39.7 Å². The van der Waals surface area contributed by atoms with Crippen LogP contribution in [0.1, 0.15) is 33.6 Å². The van der Waals surface area contributed by atoms with Crippen LogP contribution in [0.25, 0.3) is 0 Å².